The van der Waals surface area contributed by atoms with Gasteiger partial charge in [0.2, 0.25) is 0 Å². The summed E-state index contributed by atoms with van der Waals surface area (Å²) in [6, 6.07) is 6.89. The van der Waals surface area contributed by atoms with Gasteiger partial charge in [-0.1, -0.05) is 24.4 Å². The van der Waals surface area contributed by atoms with E-state index in [1.165, 1.54) is 0 Å². The first-order chi connectivity index (χ1) is 8.08. The number of aromatic nitrogens is 2. The summed E-state index contributed by atoms with van der Waals surface area (Å²) in [5, 5.41) is 4.21. The maximum Gasteiger partial charge on any atom is 0.138 e. The third kappa shape index (κ3) is 2.50. The molecule has 0 aliphatic carbocycles. The van der Waals surface area contributed by atoms with E-state index in [4.69, 9.17) is 18.0 Å². The average Bonchev–Trinajstić information content (AvgIpc) is 2.67. The summed E-state index contributed by atoms with van der Waals surface area (Å²) in [5.74, 6) is -0.367. The molecule has 0 bridgehead atoms. The first-order valence-electron chi connectivity index (χ1n) is 5.15. The monoisotopic (exact) mass is 249 g/mol. The summed E-state index contributed by atoms with van der Waals surface area (Å²) >= 11 is 4.79. The number of rotatable bonds is 3. The number of hydrogen-bond donors (Lipinski definition) is 1. The Labute approximate surface area is 104 Å². The lowest BCUT2D eigenvalue weighted by molar-refractivity contribution is 0.582. The Morgan fingerprint density at radius 3 is 2.82 bits per heavy atom. The minimum Gasteiger partial charge on any atom is -0.389 e. The van der Waals surface area contributed by atoms with Crippen LogP contribution in [0.1, 0.15) is 16.8 Å². The molecule has 0 unspecified atom stereocenters. The van der Waals surface area contributed by atoms with Crippen molar-refractivity contribution in [3.05, 3.63) is 53.1 Å². The molecular formula is C12H12FN3S. The van der Waals surface area contributed by atoms with Crippen molar-refractivity contribution in [3.8, 4) is 0 Å². The second kappa shape index (κ2) is 4.63. The van der Waals surface area contributed by atoms with E-state index in [-0.39, 0.29) is 16.4 Å². The zero-order valence-electron chi connectivity index (χ0n) is 9.35. The van der Waals surface area contributed by atoms with Gasteiger partial charge in [0.05, 0.1) is 12.2 Å². The van der Waals surface area contributed by atoms with Crippen LogP contribution in [0, 0.1) is 12.7 Å². The second-order valence-electron chi connectivity index (χ2n) is 3.80. The fraction of sp³-hybridized carbons (Fsp3) is 0.167. The molecule has 88 valence electrons. The molecule has 0 saturated heterocycles. The molecular weight excluding hydrogens is 237 g/mol. The predicted molar refractivity (Wildman–Crippen MR) is 68.4 cm³/mol. The highest BCUT2D eigenvalue weighted by atomic mass is 32.1. The summed E-state index contributed by atoms with van der Waals surface area (Å²) < 4.78 is 15.7. The van der Waals surface area contributed by atoms with Crippen LogP contribution < -0.4 is 5.73 Å². The molecule has 0 aliphatic rings. The molecule has 2 N–H and O–H groups in total. The first-order valence-corrected chi connectivity index (χ1v) is 5.56. The van der Waals surface area contributed by atoms with Crippen LogP contribution in [0.2, 0.25) is 0 Å². The van der Waals surface area contributed by atoms with E-state index >= 15 is 0 Å². The highest BCUT2D eigenvalue weighted by Crippen LogP contribution is 2.14. The Morgan fingerprint density at radius 1 is 1.47 bits per heavy atom. The number of benzene rings is 1. The molecule has 1 aromatic heterocycles. The number of nitrogens with zero attached hydrogens (tertiary/aromatic N) is 2. The molecule has 2 aromatic rings. The largest absolute Gasteiger partial charge is 0.389 e. The Hall–Kier alpha value is -1.75. The molecule has 5 heteroatoms. The fourth-order valence-electron chi connectivity index (χ4n) is 1.62. The van der Waals surface area contributed by atoms with Crippen molar-refractivity contribution in [2.45, 2.75) is 13.5 Å². The van der Waals surface area contributed by atoms with E-state index in [1.807, 2.05) is 19.2 Å². The smallest absolute Gasteiger partial charge is 0.138 e. The van der Waals surface area contributed by atoms with Crippen LogP contribution in [-0.4, -0.2) is 14.8 Å². The maximum absolute atomic E-state index is 14.0. The van der Waals surface area contributed by atoms with E-state index in [2.05, 4.69) is 5.10 Å². The Bertz CT molecular complexity index is 563. The van der Waals surface area contributed by atoms with Gasteiger partial charge in [-0.25, -0.2) is 4.39 Å². The third-order valence-electron chi connectivity index (χ3n) is 2.45. The molecule has 0 aliphatic heterocycles. The van der Waals surface area contributed by atoms with Gasteiger partial charge < -0.3 is 5.73 Å². The zero-order chi connectivity index (χ0) is 12.4. The quantitative estimate of drug-likeness (QED) is 0.846. The Morgan fingerprint density at radius 2 is 2.24 bits per heavy atom. The predicted octanol–water partition coefficient (Wildman–Crippen LogP) is 2.01. The van der Waals surface area contributed by atoms with Gasteiger partial charge in [-0.2, -0.15) is 5.10 Å². The minimum atomic E-state index is -0.367. The van der Waals surface area contributed by atoms with Crippen molar-refractivity contribution in [1.29, 1.82) is 0 Å². The molecule has 0 atom stereocenters. The van der Waals surface area contributed by atoms with Crippen LogP contribution in [0.4, 0.5) is 4.39 Å². The molecule has 0 radical (unpaired) electrons. The van der Waals surface area contributed by atoms with Crippen molar-refractivity contribution in [1.82, 2.24) is 9.78 Å². The highest BCUT2D eigenvalue weighted by molar-refractivity contribution is 7.80. The van der Waals surface area contributed by atoms with Crippen LogP contribution in [0.3, 0.4) is 0 Å². The number of nitrogens with two attached hydrogens (primary N) is 1. The molecule has 0 fully saturated rings. The molecule has 0 amide bonds. The molecule has 17 heavy (non-hydrogen) atoms. The van der Waals surface area contributed by atoms with E-state index in [0.29, 0.717) is 12.1 Å². The number of thiocarbonyl (C=S) groups is 1. The van der Waals surface area contributed by atoms with Crippen LogP contribution in [0.15, 0.2) is 30.5 Å². The summed E-state index contributed by atoms with van der Waals surface area (Å²) in [6.07, 6.45) is 1.81. The topological polar surface area (TPSA) is 43.8 Å². The van der Waals surface area contributed by atoms with Gasteiger partial charge in [0.15, 0.2) is 0 Å². The number of hydrogen-bond acceptors (Lipinski definition) is 2. The molecule has 1 heterocycles. The van der Waals surface area contributed by atoms with E-state index in [0.717, 1.165) is 5.69 Å². The first kappa shape index (κ1) is 11.7. The summed E-state index contributed by atoms with van der Waals surface area (Å²) in [5.41, 5.74) is 7.15. The van der Waals surface area contributed by atoms with Crippen molar-refractivity contribution in [2.75, 3.05) is 0 Å². The third-order valence-corrected chi connectivity index (χ3v) is 2.67. The summed E-state index contributed by atoms with van der Waals surface area (Å²) in [4.78, 5) is 0.0704. The van der Waals surface area contributed by atoms with E-state index in [1.54, 1.807) is 22.9 Å². The lowest BCUT2D eigenvalue weighted by atomic mass is 10.1. The lowest BCUT2D eigenvalue weighted by Gasteiger charge is -2.07. The van der Waals surface area contributed by atoms with Crippen LogP contribution in [-0.2, 0) is 6.54 Å². The zero-order valence-corrected chi connectivity index (χ0v) is 10.2. The van der Waals surface area contributed by atoms with Gasteiger partial charge in [0.1, 0.15) is 10.8 Å². The number of aryl methyl sites for hydroxylation is 1. The van der Waals surface area contributed by atoms with Crippen LogP contribution in [0.25, 0.3) is 0 Å². The van der Waals surface area contributed by atoms with Gasteiger partial charge in [0.25, 0.3) is 0 Å². The average molecular weight is 249 g/mol. The van der Waals surface area contributed by atoms with Crippen LogP contribution in [0.5, 0.6) is 0 Å². The summed E-state index contributed by atoms with van der Waals surface area (Å²) in [7, 11) is 0. The summed E-state index contributed by atoms with van der Waals surface area (Å²) in [6.45, 7) is 2.26. The molecule has 1 aromatic carbocycles. The normalized spacial score (nSPS) is 10.5. The minimum absolute atomic E-state index is 0.0704. The fourth-order valence-corrected chi connectivity index (χ4v) is 1.78. The molecule has 0 spiro atoms. The van der Waals surface area contributed by atoms with Crippen molar-refractivity contribution in [3.63, 3.8) is 0 Å². The molecule has 2 rings (SSSR count). The highest BCUT2D eigenvalue weighted by Gasteiger charge is 2.10. The Kier molecular flexibility index (Phi) is 3.19. The Balaban J connectivity index is 2.33. The maximum atomic E-state index is 14.0. The van der Waals surface area contributed by atoms with Crippen LogP contribution >= 0.6 is 12.2 Å². The standard InChI is InChI=1S/C12H12FN3S/c1-8-5-6-16(15-8)7-9-3-2-4-10(11(9)13)12(14)17/h2-6H,7H2,1H3,(H2,14,17). The van der Waals surface area contributed by atoms with Gasteiger partial charge in [0, 0.05) is 17.3 Å². The van der Waals surface area contributed by atoms with Gasteiger partial charge in [-0.15, -0.1) is 0 Å². The second-order valence-corrected chi connectivity index (χ2v) is 4.24. The van der Waals surface area contributed by atoms with Crippen molar-refractivity contribution in [2.24, 2.45) is 5.73 Å². The van der Waals surface area contributed by atoms with Crippen molar-refractivity contribution >= 4 is 17.2 Å². The lowest BCUT2D eigenvalue weighted by Crippen LogP contribution is -2.14. The molecule has 3 nitrogen and oxygen atoms in total. The van der Waals surface area contributed by atoms with Crippen molar-refractivity contribution < 1.29 is 4.39 Å². The number of halogens is 1. The SMILES string of the molecule is Cc1ccn(Cc2cccc(C(N)=S)c2F)n1. The van der Waals surface area contributed by atoms with Gasteiger partial charge in [-0.05, 0) is 19.1 Å². The van der Waals surface area contributed by atoms with Gasteiger partial charge in [-0.3, -0.25) is 4.68 Å². The van der Waals surface area contributed by atoms with E-state index in [9.17, 15) is 4.39 Å². The van der Waals surface area contributed by atoms with E-state index < -0.39 is 0 Å². The van der Waals surface area contributed by atoms with Gasteiger partial charge >= 0.3 is 0 Å². The molecule has 0 saturated carbocycles.